The number of amides is 1. The number of rotatable bonds is 3. The van der Waals surface area contributed by atoms with Crippen LogP contribution in [0.15, 0.2) is 41.3 Å². The minimum absolute atomic E-state index is 0.0394. The molecule has 10 heteroatoms. The molecular weight excluding hydrogens is 360 g/mol. The summed E-state index contributed by atoms with van der Waals surface area (Å²) in [6.07, 6.45) is 6.63. The van der Waals surface area contributed by atoms with Crippen molar-refractivity contribution in [3.05, 3.63) is 53.9 Å². The predicted molar refractivity (Wildman–Crippen MR) is 97.0 cm³/mol. The highest BCUT2D eigenvalue weighted by atomic mass is 16.5. The number of piperidine rings is 1. The Morgan fingerprint density at radius 2 is 2.07 bits per heavy atom. The van der Waals surface area contributed by atoms with E-state index < -0.39 is 0 Å². The molecule has 4 aromatic rings. The summed E-state index contributed by atoms with van der Waals surface area (Å²) >= 11 is 0. The van der Waals surface area contributed by atoms with Gasteiger partial charge in [-0.1, -0.05) is 5.16 Å². The Morgan fingerprint density at radius 1 is 1.21 bits per heavy atom. The van der Waals surface area contributed by atoms with Crippen LogP contribution in [-0.4, -0.2) is 58.6 Å². The second kappa shape index (κ2) is 6.55. The van der Waals surface area contributed by atoms with E-state index >= 15 is 0 Å². The molecule has 1 saturated heterocycles. The molecule has 0 N–H and O–H groups in total. The van der Waals surface area contributed by atoms with Crippen LogP contribution < -0.4 is 0 Å². The zero-order valence-electron chi connectivity index (χ0n) is 15.3. The third-order valence-corrected chi connectivity index (χ3v) is 5.14. The molecule has 1 amide bonds. The van der Waals surface area contributed by atoms with Crippen molar-refractivity contribution in [3.8, 4) is 5.82 Å². The molecule has 4 aromatic heterocycles. The minimum Gasteiger partial charge on any atom is -0.361 e. The Hall–Kier alpha value is -3.56. The number of likely N-dealkylation sites (tertiary alicyclic amines) is 1. The van der Waals surface area contributed by atoms with Crippen molar-refractivity contribution in [2.45, 2.75) is 25.7 Å². The number of hydrogen-bond donors (Lipinski definition) is 0. The van der Waals surface area contributed by atoms with Crippen molar-refractivity contribution < 1.29 is 9.32 Å². The molecule has 0 saturated carbocycles. The van der Waals surface area contributed by atoms with Crippen molar-refractivity contribution >= 4 is 11.6 Å². The molecule has 0 aliphatic carbocycles. The second-order valence-electron chi connectivity index (χ2n) is 6.83. The first-order valence-electron chi connectivity index (χ1n) is 9.13. The summed E-state index contributed by atoms with van der Waals surface area (Å²) in [5.74, 6) is 2.21. The molecule has 1 fully saturated rings. The van der Waals surface area contributed by atoms with Gasteiger partial charge in [0, 0.05) is 31.4 Å². The van der Waals surface area contributed by atoms with E-state index in [9.17, 15) is 4.79 Å². The summed E-state index contributed by atoms with van der Waals surface area (Å²) in [6, 6.07) is 5.60. The second-order valence-corrected chi connectivity index (χ2v) is 6.83. The third kappa shape index (κ3) is 2.73. The fourth-order valence-electron chi connectivity index (χ4n) is 3.59. The number of nitrogens with zero attached hydrogens (tertiary/aromatic N) is 8. The molecule has 1 aliphatic rings. The highest BCUT2D eigenvalue weighted by Gasteiger charge is 2.29. The Morgan fingerprint density at radius 3 is 2.79 bits per heavy atom. The van der Waals surface area contributed by atoms with E-state index in [1.54, 1.807) is 22.3 Å². The van der Waals surface area contributed by atoms with E-state index in [-0.39, 0.29) is 11.8 Å². The molecule has 5 rings (SSSR count). The zero-order valence-corrected chi connectivity index (χ0v) is 15.3. The van der Waals surface area contributed by atoms with Crippen molar-refractivity contribution in [1.82, 2.24) is 39.6 Å². The highest BCUT2D eigenvalue weighted by Crippen LogP contribution is 2.28. The van der Waals surface area contributed by atoms with Gasteiger partial charge >= 0.3 is 0 Å². The van der Waals surface area contributed by atoms with Gasteiger partial charge in [0.05, 0.1) is 6.20 Å². The number of aromatic nitrogens is 7. The van der Waals surface area contributed by atoms with Crippen LogP contribution in [0.5, 0.6) is 0 Å². The van der Waals surface area contributed by atoms with E-state index in [1.165, 1.54) is 6.20 Å². The monoisotopic (exact) mass is 378 g/mol. The summed E-state index contributed by atoms with van der Waals surface area (Å²) in [4.78, 5) is 14.5. The lowest BCUT2D eigenvalue weighted by molar-refractivity contribution is 0.0709. The van der Waals surface area contributed by atoms with Crippen molar-refractivity contribution in [1.29, 1.82) is 0 Å². The van der Waals surface area contributed by atoms with Crippen molar-refractivity contribution in [2.24, 2.45) is 0 Å². The molecule has 0 unspecified atom stereocenters. The van der Waals surface area contributed by atoms with Gasteiger partial charge < -0.3 is 9.42 Å². The SMILES string of the molecule is Cc1oncc1C(=O)N1CCC(c2nnc3ccc(-n4cccn4)nn23)CC1. The number of hydrogen-bond acceptors (Lipinski definition) is 7. The maximum atomic E-state index is 12.6. The van der Waals surface area contributed by atoms with Crippen LogP contribution in [0.2, 0.25) is 0 Å². The van der Waals surface area contributed by atoms with E-state index in [2.05, 4.69) is 25.6 Å². The smallest absolute Gasteiger partial charge is 0.259 e. The molecule has 1 aliphatic heterocycles. The lowest BCUT2D eigenvalue weighted by Crippen LogP contribution is -2.38. The molecule has 0 spiro atoms. The molecule has 0 atom stereocenters. The summed E-state index contributed by atoms with van der Waals surface area (Å²) in [5, 5.41) is 21.2. The van der Waals surface area contributed by atoms with Gasteiger partial charge in [-0.3, -0.25) is 4.79 Å². The molecule has 142 valence electrons. The molecule has 0 radical (unpaired) electrons. The van der Waals surface area contributed by atoms with Gasteiger partial charge in [0.1, 0.15) is 11.3 Å². The van der Waals surface area contributed by atoms with Crippen LogP contribution >= 0.6 is 0 Å². The summed E-state index contributed by atoms with van der Waals surface area (Å²) in [6.45, 7) is 3.03. The molecule has 28 heavy (non-hydrogen) atoms. The summed E-state index contributed by atoms with van der Waals surface area (Å²) in [7, 11) is 0. The Labute approximate surface area is 159 Å². The van der Waals surface area contributed by atoms with Gasteiger partial charge in [0.15, 0.2) is 17.3 Å². The number of aryl methyl sites for hydroxylation is 1. The van der Waals surface area contributed by atoms with E-state index in [1.807, 2.05) is 29.3 Å². The largest absolute Gasteiger partial charge is 0.361 e. The van der Waals surface area contributed by atoms with Crippen molar-refractivity contribution in [3.63, 3.8) is 0 Å². The third-order valence-electron chi connectivity index (χ3n) is 5.14. The van der Waals surface area contributed by atoms with Crippen LogP contribution in [0.25, 0.3) is 11.5 Å². The topological polar surface area (TPSA) is 107 Å². The first-order valence-corrected chi connectivity index (χ1v) is 9.13. The number of carbonyl (C=O) groups is 1. The molecular formula is C18H18N8O2. The van der Waals surface area contributed by atoms with Crippen LogP contribution in [0.1, 0.15) is 40.7 Å². The highest BCUT2D eigenvalue weighted by molar-refractivity contribution is 5.94. The first kappa shape index (κ1) is 16.6. The van der Waals surface area contributed by atoms with E-state index in [0.29, 0.717) is 35.9 Å². The quantitative estimate of drug-likeness (QED) is 0.533. The van der Waals surface area contributed by atoms with Crippen molar-refractivity contribution in [2.75, 3.05) is 13.1 Å². The Balaban J connectivity index is 1.36. The minimum atomic E-state index is -0.0394. The lowest BCUT2D eigenvalue weighted by atomic mass is 9.95. The number of carbonyl (C=O) groups excluding carboxylic acids is 1. The van der Waals surface area contributed by atoms with Gasteiger partial charge in [-0.2, -0.15) is 9.61 Å². The predicted octanol–water partition coefficient (Wildman–Crippen LogP) is 1.63. The van der Waals surface area contributed by atoms with Gasteiger partial charge in [-0.25, -0.2) is 4.68 Å². The van der Waals surface area contributed by atoms with Gasteiger partial charge in [-0.15, -0.1) is 15.3 Å². The van der Waals surface area contributed by atoms with Gasteiger partial charge in [-0.05, 0) is 38.0 Å². The first-order chi connectivity index (χ1) is 13.7. The normalized spacial score (nSPS) is 15.4. The van der Waals surface area contributed by atoms with E-state index in [4.69, 9.17) is 4.52 Å². The van der Waals surface area contributed by atoms with Crippen LogP contribution in [0.4, 0.5) is 0 Å². The van der Waals surface area contributed by atoms with Crippen LogP contribution in [-0.2, 0) is 0 Å². The molecule has 10 nitrogen and oxygen atoms in total. The molecule has 0 aromatic carbocycles. The average molecular weight is 378 g/mol. The lowest BCUT2D eigenvalue weighted by Gasteiger charge is -2.30. The fourth-order valence-corrected chi connectivity index (χ4v) is 3.59. The van der Waals surface area contributed by atoms with Gasteiger partial charge in [0.2, 0.25) is 0 Å². The van der Waals surface area contributed by atoms with Crippen LogP contribution in [0, 0.1) is 6.92 Å². The number of fused-ring (bicyclic) bond motifs is 1. The Kier molecular flexibility index (Phi) is 3.89. The maximum Gasteiger partial charge on any atom is 0.259 e. The Bertz CT molecular complexity index is 1120. The zero-order chi connectivity index (χ0) is 19.1. The summed E-state index contributed by atoms with van der Waals surface area (Å²) in [5.41, 5.74) is 1.22. The maximum absolute atomic E-state index is 12.6. The van der Waals surface area contributed by atoms with Gasteiger partial charge in [0.25, 0.3) is 5.91 Å². The fraction of sp³-hybridized carbons (Fsp3) is 0.333. The molecule has 5 heterocycles. The van der Waals surface area contributed by atoms with E-state index in [0.717, 1.165) is 18.7 Å². The molecule has 0 bridgehead atoms. The standard InChI is InChI=1S/C18H18N8O2/c1-12-14(11-20-28-12)18(27)24-9-5-13(6-10-24)17-22-21-15-3-4-16(23-26(15)17)25-8-2-7-19-25/h2-4,7-8,11,13H,5-6,9-10H2,1H3. The average Bonchev–Trinajstić information content (AvgIpc) is 3.48. The van der Waals surface area contributed by atoms with Crippen LogP contribution in [0.3, 0.4) is 0 Å². The summed E-state index contributed by atoms with van der Waals surface area (Å²) < 4.78 is 8.49.